The van der Waals surface area contributed by atoms with Crippen molar-refractivity contribution in [2.24, 2.45) is 0 Å². The minimum Gasteiger partial charge on any atom is -0.327 e. The molecule has 0 atom stereocenters. The summed E-state index contributed by atoms with van der Waals surface area (Å²) in [6.45, 7) is 0. The van der Waals surface area contributed by atoms with Crippen LogP contribution in [0.2, 0.25) is 0 Å². The maximum Gasteiger partial charge on any atom is 0.272 e. The van der Waals surface area contributed by atoms with Crippen LogP contribution in [0.15, 0.2) is 12.5 Å². The van der Waals surface area contributed by atoms with Crippen LogP contribution in [0.25, 0.3) is 0 Å². The third-order valence-corrected chi connectivity index (χ3v) is 1.95. The standard InChI is InChI=1S/C5H4ClIN2O/c6-5(10)4-1-9(2-7)3-8-4/h1,3H,2H2. The molecule has 0 aliphatic rings. The third kappa shape index (κ3) is 1.69. The minimum atomic E-state index is -0.511. The number of halogens is 2. The van der Waals surface area contributed by atoms with E-state index in [-0.39, 0.29) is 0 Å². The Bertz CT molecular complexity index is 248. The Morgan fingerprint density at radius 1 is 1.90 bits per heavy atom. The number of imidazole rings is 1. The van der Waals surface area contributed by atoms with Crippen molar-refractivity contribution in [2.75, 3.05) is 0 Å². The maximum absolute atomic E-state index is 10.5. The van der Waals surface area contributed by atoms with Crippen LogP contribution >= 0.6 is 34.2 Å². The average molecular weight is 270 g/mol. The Labute approximate surface area is 76.5 Å². The summed E-state index contributed by atoms with van der Waals surface area (Å²) in [6.07, 6.45) is 3.18. The zero-order chi connectivity index (χ0) is 7.56. The van der Waals surface area contributed by atoms with Gasteiger partial charge >= 0.3 is 0 Å². The van der Waals surface area contributed by atoms with E-state index >= 15 is 0 Å². The van der Waals surface area contributed by atoms with Gasteiger partial charge in [-0.25, -0.2) is 4.98 Å². The highest BCUT2D eigenvalue weighted by Gasteiger charge is 2.03. The molecule has 0 saturated heterocycles. The molecule has 10 heavy (non-hydrogen) atoms. The van der Waals surface area contributed by atoms with Gasteiger partial charge in [0.25, 0.3) is 5.24 Å². The molecule has 0 N–H and O–H groups in total. The summed E-state index contributed by atoms with van der Waals surface area (Å²) >= 11 is 7.31. The zero-order valence-electron chi connectivity index (χ0n) is 4.92. The predicted molar refractivity (Wildman–Crippen MR) is 46.4 cm³/mol. The first-order valence-electron chi connectivity index (χ1n) is 2.51. The van der Waals surface area contributed by atoms with E-state index in [1.165, 1.54) is 0 Å². The molecule has 3 nitrogen and oxygen atoms in total. The summed E-state index contributed by atoms with van der Waals surface area (Å²) in [4.78, 5) is 14.2. The maximum atomic E-state index is 10.5. The smallest absolute Gasteiger partial charge is 0.272 e. The fourth-order valence-electron chi connectivity index (χ4n) is 0.527. The summed E-state index contributed by atoms with van der Waals surface area (Å²) in [5.41, 5.74) is 0.304. The lowest BCUT2D eigenvalue weighted by Crippen LogP contribution is -1.88. The third-order valence-electron chi connectivity index (χ3n) is 0.973. The average Bonchev–Trinajstić information content (AvgIpc) is 2.34. The highest BCUT2D eigenvalue weighted by Crippen LogP contribution is 2.01. The van der Waals surface area contributed by atoms with E-state index in [2.05, 4.69) is 27.6 Å². The van der Waals surface area contributed by atoms with E-state index < -0.39 is 5.24 Å². The molecule has 0 amide bonds. The van der Waals surface area contributed by atoms with Crippen molar-refractivity contribution < 1.29 is 4.79 Å². The summed E-state index contributed by atoms with van der Waals surface area (Å²) in [5.74, 6) is 0. The molecule has 0 spiro atoms. The van der Waals surface area contributed by atoms with Crippen molar-refractivity contribution in [3.05, 3.63) is 18.2 Å². The second kappa shape index (κ2) is 3.34. The van der Waals surface area contributed by atoms with Crippen molar-refractivity contribution in [1.82, 2.24) is 9.55 Å². The summed E-state index contributed by atoms with van der Waals surface area (Å²) in [5, 5.41) is -0.511. The number of hydrogen-bond donors (Lipinski definition) is 0. The molecule has 1 heterocycles. The lowest BCUT2D eigenvalue weighted by molar-refractivity contribution is 0.107. The molecule has 1 aromatic heterocycles. The second-order valence-corrected chi connectivity index (χ2v) is 2.69. The second-order valence-electron chi connectivity index (χ2n) is 1.67. The van der Waals surface area contributed by atoms with Crippen molar-refractivity contribution in [3.8, 4) is 0 Å². The molecular weight excluding hydrogens is 266 g/mol. The molecule has 0 aliphatic heterocycles. The fraction of sp³-hybridized carbons (Fsp3) is 0.200. The first-order valence-corrected chi connectivity index (χ1v) is 4.42. The van der Waals surface area contributed by atoms with Crippen LogP contribution < -0.4 is 0 Å². The normalized spacial score (nSPS) is 9.80. The summed E-state index contributed by atoms with van der Waals surface area (Å²) in [6, 6.07) is 0. The van der Waals surface area contributed by atoms with Gasteiger partial charge in [-0.3, -0.25) is 4.79 Å². The topological polar surface area (TPSA) is 34.9 Å². The molecule has 0 unspecified atom stereocenters. The van der Waals surface area contributed by atoms with E-state index in [0.717, 1.165) is 4.55 Å². The van der Waals surface area contributed by atoms with Crippen LogP contribution in [0.4, 0.5) is 0 Å². The Morgan fingerprint density at radius 2 is 2.60 bits per heavy atom. The molecule has 0 bridgehead atoms. The highest BCUT2D eigenvalue weighted by molar-refractivity contribution is 14.1. The van der Waals surface area contributed by atoms with Crippen molar-refractivity contribution in [1.29, 1.82) is 0 Å². The molecule has 0 aliphatic carbocycles. The first-order chi connectivity index (χ1) is 4.74. The van der Waals surface area contributed by atoms with Gasteiger partial charge in [0.15, 0.2) is 0 Å². The van der Waals surface area contributed by atoms with Gasteiger partial charge in [-0.05, 0) is 11.6 Å². The van der Waals surface area contributed by atoms with Crippen LogP contribution in [0, 0.1) is 0 Å². The Hall–Kier alpha value is -0.100. The van der Waals surface area contributed by atoms with Crippen molar-refractivity contribution in [3.63, 3.8) is 0 Å². The number of hydrogen-bond acceptors (Lipinski definition) is 2. The van der Waals surface area contributed by atoms with Gasteiger partial charge in [0, 0.05) is 6.20 Å². The summed E-state index contributed by atoms with van der Waals surface area (Å²) in [7, 11) is 0. The molecular formula is C5H4ClIN2O. The number of nitrogens with zero attached hydrogens (tertiary/aromatic N) is 2. The lowest BCUT2D eigenvalue weighted by Gasteiger charge is -1.87. The van der Waals surface area contributed by atoms with E-state index in [9.17, 15) is 4.79 Å². The van der Waals surface area contributed by atoms with Crippen LogP contribution in [0.3, 0.4) is 0 Å². The van der Waals surface area contributed by atoms with E-state index in [4.69, 9.17) is 11.6 Å². The summed E-state index contributed by atoms with van der Waals surface area (Å²) < 4.78 is 2.55. The van der Waals surface area contributed by atoms with Gasteiger partial charge in [-0.1, -0.05) is 22.6 Å². The van der Waals surface area contributed by atoms with Crippen molar-refractivity contribution >= 4 is 39.4 Å². The number of carbonyl (C=O) groups is 1. The van der Waals surface area contributed by atoms with E-state index in [1.807, 2.05) is 0 Å². The quantitative estimate of drug-likeness (QED) is 0.465. The highest BCUT2D eigenvalue weighted by atomic mass is 127. The van der Waals surface area contributed by atoms with Crippen LogP contribution in [0.5, 0.6) is 0 Å². The Morgan fingerprint density at radius 3 is 2.90 bits per heavy atom. The van der Waals surface area contributed by atoms with Gasteiger partial charge in [0.05, 0.1) is 10.9 Å². The largest absolute Gasteiger partial charge is 0.327 e. The van der Waals surface area contributed by atoms with Gasteiger partial charge < -0.3 is 4.57 Å². The van der Waals surface area contributed by atoms with Crippen molar-refractivity contribution in [2.45, 2.75) is 4.55 Å². The van der Waals surface area contributed by atoms with E-state index in [0.29, 0.717) is 5.69 Å². The minimum absolute atomic E-state index is 0.304. The molecule has 0 fully saturated rings. The lowest BCUT2D eigenvalue weighted by atomic mass is 10.5. The fourth-order valence-corrected chi connectivity index (χ4v) is 0.998. The molecule has 0 aromatic carbocycles. The van der Waals surface area contributed by atoms with Crippen LogP contribution in [-0.4, -0.2) is 14.8 Å². The molecule has 1 aromatic rings. The number of aromatic nitrogens is 2. The van der Waals surface area contributed by atoms with Gasteiger partial charge in [0.2, 0.25) is 0 Å². The predicted octanol–water partition coefficient (Wildman–Crippen LogP) is 1.65. The van der Waals surface area contributed by atoms with Crippen LogP contribution in [0.1, 0.15) is 10.5 Å². The Balaban J connectivity index is 2.88. The zero-order valence-corrected chi connectivity index (χ0v) is 7.83. The SMILES string of the molecule is O=C(Cl)c1cn(CI)cn1. The van der Waals surface area contributed by atoms with Crippen LogP contribution in [-0.2, 0) is 4.55 Å². The van der Waals surface area contributed by atoms with Gasteiger partial charge in [-0.15, -0.1) is 0 Å². The van der Waals surface area contributed by atoms with Gasteiger partial charge in [0.1, 0.15) is 5.69 Å². The number of alkyl halides is 1. The number of rotatable bonds is 2. The monoisotopic (exact) mass is 270 g/mol. The Kier molecular flexibility index (Phi) is 2.67. The molecule has 0 saturated carbocycles. The number of carbonyl (C=O) groups excluding carboxylic acids is 1. The molecule has 0 radical (unpaired) electrons. The van der Waals surface area contributed by atoms with E-state index in [1.54, 1.807) is 17.1 Å². The first kappa shape index (κ1) is 8.00. The molecule has 5 heteroatoms. The molecule has 54 valence electrons. The van der Waals surface area contributed by atoms with Gasteiger partial charge in [-0.2, -0.15) is 0 Å². The molecule has 1 rings (SSSR count).